The minimum atomic E-state index is -0.662. The largest absolute Gasteiger partial charge is 0.380 e. The number of aromatic nitrogens is 2. The van der Waals surface area contributed by atoms with Crippen molar-refractivity contribution in [3.63, 3.8) is 0 Å². The molecule has 6 N–H and O–H groups in total. The summed E-state index contributed by atoms with van der Waals surface area (Å²) in [4.78, 5) is 45.8. The zero-order chi connectivity index (χ0) is 51.2. The molecule has 0 fully saturated rings. The third kappa shape index (κ3) is 13.7. The molecule has 1 aliphatic carbocycles. The van der Waals surface area contributed by atoms with Crippen LogP contribution < -0.4 is 37.5 Å². The summed E-state index contributed by atoms with van der Waals surface area (Å²) in [6, 6.07) is 12.5. The van der Waals surface area contributed by atoms with E-state index in [4.69, 9.17) is 9.72 Å². The highest BCUT2D eigenvalue weighted by Crippen LogP contribution is 2.45. The highest BCUT2D eigenvalue weighted by atomic mass is 19.1. The Morgan fingerprint density at radius 1 is 0.873 bits per heavy atom. The van der Waals surface area contributed by atoms with Crippen molar-refractivity contribution < 1.29 is 18.7 Å². The van der Waals surface area contributed by atoms with Crippen LogP contribution in [0.25, 0.3) is 22.3 Å². The molecule has 4 aromatic rings. The first-order chi connectivity index (χ1) is 34.1. The third-order valence-corrected chi connectivity index (χ3v) is 13.8. The predicted octanol–water partition coefficient (Wildman–Crippen LogP) is 9.47. The molecule has 12 nitrogen and oxygen atoms in total. The second kappa shape index (κ2) is 25.6. The van der Waals surface area contributed by atoms with Crippen molar-refractivity contribution >= 4 is 22.7 Å². The number of fused-ring (bicyclic) bond motifs is 4. The van der Waals surface area contributed by atoms with Gasteiger partial charge in [-0.25, -0.2) is 9.37 Å². The van der Waals surface area contributed by atoms with Crippen LogP contribution in [0.1, 0.15) is 136 Å². The normalized spacial score (nSPS) is 14.1. The van der Waals surface area contributed by atoms with Gasteiger partial charge in [-0.3, -0.25) is 14.4 Å². The maximum atomic E-state index is 15.5. The second-order valence-electron chi connectivity index (χ2n) is 19.3. The van der Waals surface area contributed by atoms with Crippen LogP contribution in [0.3, 0.4) is 0 Å². The van der Waals surface area contributed by atoms with Crippen LogP contribution in [0.2, 0.25) is 0 Å². The Kier molecular flexibility index (Phi) is 19.4. The standard InChI is InChI=1S/C58H77FN8O4/c1-11-14-16-18-21-37(6)60-32-53(68)61-31-39(8)64-51(27-42-22-19-17-20-23-42)57(69)62-30-38(7)63-35-71-34-40(9)65-49-26-25-44-41(10)48(59)29-50-54(44)55(49)47-33-67-52(56(47)66-50)28-46(43(13-3)36(4)5)45(58(67)70)24-15-12-2/h17,19-20,22-23,28-29,43,49,51,60,63-65H,4,6-9,11-16,18,21,24-27,30-35H2,1-3,5,10H3,(H,61,68)(H,62,69). The number of aryl methyl sites for hydroxylation is 1. The Bertz CT molecular complexity index is 2690. The van der Waals surface area contributed by atoms with Crippen molar-refractivity contribution in [2.24, 2.45) is 0 Å². The molecular formula is C58H77FN8O4. The molecule has 3 atom stereocenters. The SMILES string of the molecule is C=C(CCCCCC)NCC(=O)NCC(=C)NC(Cc1ccccc1)C(=O)NCC(=C)NCOCC(=C)NC1CCc2c(C)c(F)cc3nc4c(c1c23)Cn1c-4cc(C(CC)C(=C)C)c(CCCC)c1=O. The van der Waals surface area contributed by atoms with Crippen LogP contribution >= 0.6 is 0 Å². The molecule has 0 bridgehead atoms. The Labute approximate surface area is 420 Å². The van der Waals surface area contributed by atoms with E-state index in [1.54, 1.807) is 0 Å². The maximum absolute atomic E-state index is 15.5. The molecule has 0 spiro atoms. The number of nitrogens with one attached hydrogen (secondary N) is 6. The van der Waals surface area contributed by atoms with Crippen LogP contribution in [0.5, 0.6) is 0 Å². The molecule has 0 saturated heterocycles. The van der Waals surface area contributed by atoms with Crippen molar-refractivity contribution in [3.05, 3.63) is 159 Å². The molecular weight excluding hydrogens is 892 g/mol. The van der Waals surface area contributed by atoms with Gasteiger partial charge in [-0.15, -0.1) is 0 Å². The zero-order valence-corrected chi connectivity index (χ0v) is 42.9. The van der Waals surface area contributed by atoms with Crippen LogP contribution in [-0.2, 0) is 40.1 Å². The van der Waals surface area contributed by atoms with Crippen LogP contribution in [0, 0.1) is 12.7 Å². The smallest absolute Gasteiger partial charge is 0.254 e. The molecule has 3 heterocycles. The van der Waals surface area contributed by atoms with Crippen molar-refractivity contribution in [3.8, 4) is 11.4 Å². The average molecular weight is 969 g/mol. The van der Waals surface area contributed by atoms with E-state index in [-0.39, 0.29) is 68.1 Å². The van der Waals surface area contributed by atoms with E-state index in [1.807, 2.05) is 48.7 Å². The van der Waals surface area contributed by atoms with E-state index >= 15 is 4.39 Å². The summed E-state index contributed by atoms with van der Waals surface area (Å²) in [7, 11) is 0. The number of hydrogen-bond donors (Lipinski definition) is 6. The number of amides is 2. The Morgan fingerprint density at radius 2 is 1.62 bits per heavy atom. The van der Waals surface area contributed by atoms with Gasteiger partial charge in [-0.2, -0.15) is 0 Å². The lowest BCUT2D eigenvalue weighted by Gasteiger charge is -2.31. The average Bonchev–Trinajstić information content (AvgIpc) is 3.72. The summed E-state index contributed by atoms with van der Waals surface area (Å²) in [5.74, 6) is -0.688. The molecule has 2 aromatic carbocycles. The molecule has 380 valence electrons. The first-order valence-electron chi connectivity index (χ1n) is 25.6. The van der Waals surface area contributed by atoms with Gasteiger partial charge < -0.3 is 41.2 Å². The number of halogens is 1. The van der Waals surface area contributed by atoms with Gasteiger partial charge in [0.1, 0.15) is 18.6 Å². The Morgan fingerprint density at radius 3 is 2.34 bits per heavy atom. The lowest BCUT2D eigenvalue weighted by Crippen LogP contribution is -2.47. The van der Waals surface area contributed by atoms with Crippen molar-refractivity contribution in [2.75, 3.05) is 33.0 Å². The molecule has 6 rings (SSSR count). The van der Waals surface area contributed by atoms with Gasteiger partial charge in [0.15, 0.2) is 0 Å². The third-order valence-electron chi connectivity index (χ3n) is 13.8. The zero-order valence-electron chi connectivity index (χ0n) is 42.9. The minimum Gasteiger partial charge on any atom is -0.380 e. The van der Waals surface area contributed by atoms with E-state index in [2.05, 4.69) is 91.6 Å². The van der Waals surface area contributed by atoms with Gasteiger partial charge in [0.25, 0.3) is 5.56 Å². The van der Waals surface area contributed by atoms with E-state index in [0.29, 0.717) is 60.4 Å². The monoisotopic (exact) mass is 969 g/mol. The first-order valence-corrected chi connectivity index (χ1v) is 25.6. The number of carbonyl (C=O) groups excluding carboxylic acids is 2. The van der Waals surface area contributed by atoms with Crippen LogP contribution in [0.15, 0.2) is 109 Å². The number of rotatable bonds is 30. The number of hydrogen-bond acceptors (Lipinski definition) is 9. The molecule has 2 aromatic heterocycles. The summed E-state index contributed by atoms with van der Waals surface area (Å²) >= 11 is 0. The first kappa shape index (κ1) is 53.9. The summed E-state index contributed by atoms with van der Waals surface area (Å²) in [5.41, 5.74) is 12.1. The predicted molar refractivity (Wildman–Crippen MR) is 286 cm³/mol. The fourth-order valence-corrected chi connectivity index (χ4v) is 9.94. The summed E-state index contributed by atoms with van der Waals surface area (Å²) in [6.45, 7) is 32.2. The topological polar surface area (TPSA) is 150 Å². The van der Waals surface area contributed by atoms with E-state index in [9.17, 15) is 14.4 Å². The molecule has 0 radical (unpaired) electrons. The maximum Gasteiger partial charge on any atom is 0.254 e. The highest BCUT2D eigenvalue weighted by molar-refractivity contribution is 5.93. The second-order valence-corrected chi connectivity index (χ2v) is 19.3. The van der Waals surface area contributed by atoms with E-state index < -0.39 is 6.04 Å². The number of allylic oxidation sites excluding steroid dienone is 2. The quantitative estimate of drug-likeness (QED) is 0.0150. The molecule has 2 aliphatic rings. The molecule has 71 heavy (non-hydrogen) atoms. The van der Waals surface area contributed by atoms with Gasteiger partial charge in [-0.05, 0) is 92.7 Å². The van der Waals surface area contributed by atoms with Gasteiger partial charge in [-0.1, -0.05) is 115 Å². The van der Waals surface area contributed by atoms with Gasteiger partial charge >= 0.3 is 0 Å². The fourth-order valence-electron chi connectivity index (χ4n) is 9.94. The molecule has 1 aliphatic heterocycles. The minimum absolute atomic E-state index is 0.0145. The highest BCUT2D eigenvalue weighted by Gasteiger charge is 2.35. The van der Waals surface area contributed by atoms with Gasteiger partial charge in [0.2, 0.25) is 11.8 Å². The number of ether oxygens (including phenoxy) is 1. The summed E-state index contributed by atoms with van der Waals surface area (Å²) < 4.78 is 23.4. The van der Waals surface area contributed by atoms with Gasteiger partial charge in [0, 0.05) is 57.7 Å². The molecule has 13 heteroatoms. The van der Waals surface area contributed by atoms with Crippen LogP contribution in [0.4, 0.5) is 4.39 Å². The number of unbranched alkanes of at least 4 members (excludes halogenated alkanes) is 4. The molecule has 0 saturated carbocycles. The number of nitrogens with zero attached hydrogens (tertiary/aromatic N) is 2. The number of carbonyl (C=O) groups is 2. The Balaban J connectivity index is 1.05. The van der Waals surface area contributed by atoms with Crippen LogP contribution in [-0.4, -0.2) is 60.4 Å². The lowest BCUT2D eigenvalue weighted by atomic mass is 9.81. The number of benzene rings is 2. The van der Waals surface area contributed by atoms with Crippen molar-refractivity contribution in [1.29, 1.82) is 0 Å². The Hall–Kier alpha value is -6.47. The van der Waals surface area contributed by atoms with Crippen molar-refractivity contribution in [2.45, 2.75) is 136 Å². The molecule has 3 unspecified atom stereocenters. The summed E-state index contributed by atoms with van der Waals surface area (Å²) in [6.07, 6.45) is 10.5. The van der Waals surface area contributed by atoms with Crippen molar-refractivity contribution in [1.82, 2.24) is 41.5 Å². The van der Waals surface area contributed by atoms with E-state index in [0.717, 1.165) is 106 Å². The van der Waals surface area contributed by atoms with Gasteiger partial charge in [0.05, 0.1) is 55.7 Å². The number of pyridine rings is 2. The molecule has 2 amide bonds. The summed E-state index contributed by atoms with van der Waals surface area (Å²) in [5, 5.41) is 19.9. The lowest BCUT2D eigenvalue weighted by molar-refractivity contribution is -0.122. The van der Waals surface area contributed by atoms with E-state index in [1.165, 1.54) is 12.5 Å². The fraction of sp³-hybridized carbons (Fsp3) is 0.448.